The highest BCUT2D eigenvalue weighted by Crippen LogP contribution is 2.27. The van der Waals surface area contributed by atoms with E-state index in [-0.39, 0.29) is 17.0 Å². The number of hydrogen-bond donors (Lipinski definition) is 1. The van der Waals surface area contributed by atoms with E-state index in [1.165, 1.54) is 18.7 Å². The lowest BCUT2D eigenvalue weighted by Gasteiger charge is -2.16. The maximum atomic E-state index is 12.9. The molecule has 1 N–H and O–H groups in total. The second-order valence-electron chi connectivity index (χ2n) is 6.21. The molecule has 0 aliphatic carbocycles. The number of ether oxygens (including phenoxy) is 1. The summed E-state index contributed by atoms with van der Waals surface area (Å²) in [6.07, 6.45) is 3.17. The molecule has 8 heteroatoms. The molecule has 0 aliphatic heterocycles. The highest BCUT2D eigenvalue weighted by atomic mass is 16.5. The largest absolute Gasteiger partial charge is 0.465 e. The number of carbonyl (C=O) groups excluding carboxylic acids is 2. The van der Waals surface area contributed by atoms with Crippen molar-refractivity contribution in [3.63, 3.8) is 0 Å². The fraction of sp³-hybridized carbons (Fsp3) is 0.190. The zero-order valence-electron chi connectivity index (χ0n) is 16.3. The van der Waals surface area contributed by atoms with Gasteiger partial charge in [0.05, 0.1) is 30.1 Å². The molecule has 29 heavy (non-hydrogen) atoms. The van der Waals surface area contributed by atoms with Crippen molar-refractivity contribution in [3.05, 3.63) is 70.3 Å². The highest BCUT2D eigenvalue weighted by Gasteiger charge is 2.22. The predicted octanol–water partition coefficient (Wildman–Crippen LogP) is 3.06. The summed E-state index contributed by atoms with van der Waals surface area (Å²) in [6, 6.07) is 9.98. The molecule has 1 aromatic carbocycles. The van der Waals surface area contributed by atoms with E-state index in [1.807, 2.05) is 0 Å². The summed E-state index contributed by atoms with van der Waals surface area (Å²) >= 11 is 0. The van der Waals surface area contributed by atoms with Gasteiger partial charge in [-0.2, -0.15) is 5.10 Å². The summed E-state index contributed by atoms with van der Waals surface area (Å²) in [6.45, 7) is 3.50. The van der Waals surface area contributed by atoms with E-state index in [0.717, 1.165) is 0 Å². The summed E-state index contributed by atoms with van der Waals surface area (Å²) in [5, 5.41) is 7.41. The van der Waals surface area contributed by atoms with Crippen LogP contribution in [0.1, 0.15) is 34.6 Å². The molecule has 0 amide bonds. The summed E-state index contributed by atoms with van der Waals surface area (Å²) in [5.41, 5.74) is 1.80. The quantitative estimate of drug-likeness (QED) is 0.508. The van der Waals surface area contributed by atoms with Crippen molar-refractivity contribution < 1.29 is 14.3 Å². The highest BCUT2D eigenvalue weighted by molar-refractivity contribution is 6.05. The lowest BCUT2D eigenvalue weighted by atomic mass is 10.0. The van der Waals surface area contributed by atoms with Gasteiger partial charge in [0.15, 0.2) is 5.78 Å². The number of carbonyl (C=O) groups is 2. The molecule has 8 nitrogen and oxygen atoms in total. The molecule has 0 saturated carbocycles. The normalized spacial score (nSPS) is 10.4. The van der Waals surface area contributed by atoms with E-state index < -0.39 is 11.5 Å². The van der Waals surface area contributed by atoms with Crippen molar-refractivity contribution in [1.29, 1.82) is 0 Å². The average Bonchev–Trinajstić information content (AvgIpc) is 2.75. The zero-order chi connectivity index (χ0) is 21.0. The van der Waals surface area contributed by atoms with Crippen LogP contribution in [0.4, 0.5) is 11.4 Å². The van der Waals surface area contributed by atoms with Gasteiger partial charge in [-0.25, -0.2) is 9.48 Å². The Morgan fingerprint density at radius 3 is 2.45 bits per heavy atom. The number of hydrogen-bond acceptors (Lipinski definition) is 7. The van der Waals surface area contributed by atoms with E-state index in [4.69, 9.17) is 4.74 Å². The van der Waals surface area contributed by atoms with Gasteiger partial charge < -0.3 is 10.1 Å². The lowest BCUT2D eigenvalue weighted by molar-refractivity contribution is 0.0600. The maximum absolute atomic E-state index is 12.9. The molecule has 0 fully saturated rings. The Bertz CT molecular complexity index is 1110. The van der Waals surface area contributed by atoms with E-state index in [9.17, 15) is 14.4 Å². The van der Waals surface area contributed by atoms with Crippen LogP contribution in [0.5, 0.6) is 0 Å². The Balaban J connectivity index is 2.21. The molecule has 3 aromatic rings. The molecule has 0 aliphatic rings. The third-order valence-electron chi connectivity index (χ3n) is 4.32. The van der Waals surface area contributed by atoms with Gasteiger partial charge in [0.25, 0.3) is 5.56 Å². The molecular formula is C21H20N4O4. The first-order valence-corrected chi connectivity index (χ1v) is 8.98. The van der Waals surface area contributed by atoms with Crippen LogP contribution in [-0.4, -0.2) is 33.6 Å². The standard InChI is InChI=1S/C21H20N4O4/c1-4-25-20(27)19(23-16-6-5-11-22-12-16)17(13(2)26)18(24-25)14-7-9-15(10-8-14)21(28)29-3/h5-12,23H,4H2,1-3H3. The van der Waals surface area contributed by atoms with Gasteiger partial charge in [0.1, 0.15) is 11.4 Å². The Hall–Kier alpha value is -3.81. The zero-order valence-corrected chi connectivity index (χ0v) is 16.3. The number of rotatable bonds is 6. The minimum absolute atomic E-state index is 0.134. The first-order valence-electron chi connectivity index (χ1n) is 8.98. The fourth-order valence-corrected chi connectivity index (χ4v) is 2.91. The van der Waals surface area contributed by atoms with Crippen LogP contribution in [-0.2, 0) is 11.3 Å². The third-order valence-corrected chi connectivity index (χ3v) is 4.32. The average molecular weight is 392 g/mol. The summed E-state index contributed by atoms with van der Waals surface area (Å²) in [5.74, 6) is -0.773. The number of Topliss-reactive ketones (excluding diaryl/α,β-unsaturated/α-hetero) is 1. The number of aryl methyl sites for hydroxylation is 1. The summed E-state index contributed by atoms with van der Waals surface area (Å²) in [7, 11) is 1.30. The Morgan fingerprint density at radius 1 is 1.17 bits per heavy atom. The Kier molecular flexibility index (Phi) is 5.82. The number of pyridine rings is 1. The number of benzene rings is 1. The van der Waals surface area contributed by atoms with Crippen molar-refractivity contribution in [2.24, 2.45) is 0 Å². The van der Waals surface area contributed by atoms with Gasteiger partial charge in [0, 0.05) is 18.3 Å². The fourth-order valence-electron chi connectivity index (χ4n) is 2.91. The Morgan fingerprint density at radius 2 is 1.90 bits per heavy atom. The topological polar surface area (TPSA) is 103 Å². The predicted molar refractivity (Wildman–Crippen MR) is 108 cm³/mol. The van der Waals surface area contributed by atoms with Gasteiger partial charge in [0.2, 0.25) is 0 Å². The number of methoxy groups -OCH3 is 1. The number of aromatic nitrogens is 3. The van der Waals surface area contributed by atoms with Crippen molar-refractivity contribution in [2.45, 2.75) is 20.4 Å². The molecule has 0 unspecified atom stereocenters. The van der Waals surface area contributed by atoms with Gasteiger partial charge in [-0.05, 0) is 38.1 Å². The van der Waals surface area contributed by atoms with Crippen molar-refractivity contribution >= 4 is 23.1 Å². The van der Waals surface area contributed by atoms with Gasteiger partial charge in [-0.1, -0.05) is 12.1 Å². The van der Waals surface area contributed by atoms with Gasteiger partial charge >= 0.3 is 5.97 Å². The molecule has 3 rings (SSSR count). The first-order chi connectivity index (χ1) is 14.0. The van der Waals surface area contributed by atoms with E-state index in [1.54, 1.807) is 55.7 Å². The smallest absolute Gasteiger partial charge is 0.337 e. The van der Waals surface area contributed by atoms with Gasteiger partial charge in [-0.3, -0.25) is 14.6 Å². The maximum Gasteiger partial charge on any atom is 0.337 e. The molecule has 2 aromatic heterocycles. The number of nitrogens with one attached hydrogen (secondary N) is 1. The van der Waals surface area contributed by atoms with Crippen LogP contribution in [0.3, 0.4) is 0 Å². The second-order valence-corrected chi connectivity index (χ2v) is 6.21. The monoisotopic (exact) mass is 392 g/mol. The Labute approximate surface area is 167 Å². The van der Waals surface area contributed by atoms with Crippen LogP contribution in [0.2, 0.25) is 0 Å². The van der Waals surface area contributed by atoms with Crippen molar-refractivity contribution in [1.82, 2.24) is 14.8 Å². The molecule has 0 radical (unpaired) electrons. The molecule has 2 heterocycles. The van der Waals surface area contributed by atoms with Crippen molar-refractivity contribution in [2.75, 3.05) is 12.4 Å². The van der Waals surface area contributed by atoms with Crippen LogP contribution >= 0.6 is 0 Å². The van der Waals surface area contributed by atoms with Crippen molar-refractivity contribution in [3.8, 4) is 11.3 Å². The molecule has 148 valence electrons. The molecule has 0 bridgehead atoms. The van der Waals surface area contributed by atoms with Crippen LogP contribution < -0.4 is 10.9 Å². The molecule has 0 atom stereocenters. The number of anilines is 2. The first kappa shape index (κ1) is 19.9. The third kappa shape index (κ3) is 4.06. The SMILES string of the molecule is CCn1nc(-c2ccc(C(=O)OC)cc2)c(C(C)=O)c(Nc2cccnc2)c1=O. The minimum atomic E-state index is -0.464. The van der Waals surface area contributed by atoms with Crippen LogP contribution in [0.25, 0.3) is 11.3 Å². The summed E-state index contributed by atoms with van der Waals surface area (Å²) in [4.78, 5) is 41.1. The van der Waals surface area contributed by atoms with E-state index >= 15 is 0 Å². The number of nitrogens with zero attached hydrogens (tertiary/aromatic N) is 3. The summed E-state index contributed by atoms with van der Waals surface area (Å²) < 4.78 is 6.00. The lowest BCUT2D eigenvalue weighted by Crippen LogP contribution is -2.28. The molecule has 0 saturated heterocycles. The second kappa shape index (κ2) is 8.47. The number of esters is 1. The van der Waals surface area contributed by atoms with Gasteiger partial charge in [-0.15, -0.1) is 0 Å². The van der Waals surface area contributed by atoms with Crippen LogP contribution in [0, 0.1) is 0 Å². The van der Waals surface area contributed by atoms with E-state index in [2.05, 4.69) is 15.4 Å². The van der Waals surface area contributed by atoms with E-state index in [0.29, 0.717) is 29.1 Å². The molecule has 0 spiro atoms. The minimum Gasteiger partial charge on any atom is -0.465 e. The molecular weight excluding hydrogens is 372 g/mol. The number of ketones is 1. The van der Waals surface area contributed by atoms with Crippen LogP contribution in [0.15, 0.2) is 53.6 Å².